The maximum Gasteiger partial charge on any atom is 0.415 e. The molecule has 0 saturated carbocycles. The van der Waals surface area contributed by atoms with E-state index in [2.05, 4.69) is 20.2 Å². The molecule has 0 radical (unpaired) electrons. The van der Waals surface area contributed by atoms with Gasteiger partial charge in [0.05, 0.1) is 11.9 Å². The van der Waals surface area contributed by atoms with E-state index in [9.17, 15) is 22.0 Å². The number of halogens is 5. The van der Waals surface area contributed by atoms with Gasteiger partial charge in [-0.25, -0.2) is 18.3 Å². The Bertz CT molecular complexity index is 1490. The van der Waals surface area contributed by atoms with Gasteiger partial charge in [0.25, 0.3) is 0 Å². The summed E-state index contributed by atoms with van der Waals surface area (Å²) in [6, 6.07) is 7.48. The van der Waals surface area contributed by atoms with Gasteiger partial charge in [-0.1, -0.05) is 12.1 Å². The maximum atomic E-state index is 14.6. The van der Waals surface area contributed by atoms with E-state index in [1.807, 2.05) is 0 Å². The van der Waals surface area contributed by atoms with Crippen molar-refractivity contribution in [2.24, 2.45) is 0 Å². The van der Waals surface area contributed by atoms with Gasteiger partial charge in [-0.3, -0.25) is 4.68 Å². The zero-order valence-corrected chi connectivity index (χ0v) is 17.1. The molecule has 172 valence electrons. The van der Waals surface area contributed by atoms with Crippen LogP contribution in [0.15, 0.2) is 67.1 Å². The Hall–Kier alpha value is -4.35. The van der Waals surface area contributed by atoms with Crippen LogP contribution in [0.5, 0.6) is 0 Å². The molecule has 4 heterocycles. The Balaban J connectivity index is 1.54. The molecule has 12 heteroatoms. The fraction of sp³-hybridized carbons (Fsp3) is 0.0909. The third-order valence-corrected chi connectivity index (χ3v) is 5.13. The summed E-state index contributed by atoms with van der Waals surface area (Å²) in [6.07, 6.45) is -0.795. The van der Waals surface area contributed by atoms with Gasteiger partial charge in [0.1, 0.15) is 17.3 Å². The first-order valence-electron chi connectivity index (χ1n) is 9.84. The number of pyridine rings is 2. The van der Waals surface area contributed by atoms with E-state index in [4.69, 9.17) is 5.73 Å². The van der Waals surface area contributed by atoms with Gasteiger partial charge < -0.3 is 5.73 Å². The molecular formula is C22H14F5N7. The smallest absolute Gasteiger partial charge is 0.366 e. The van der Waals surface area contributed by atoms with Crippen molar-refractivity contribution in [2.75, 3.05) is 5.73 Å². The SMILES string of the molecule is Nc1nc2cc(-c3nc(-c4cnn(C(c5ccc(F)cc5)C(F)(F)F)c4)ccc3F)ccn2n1. The Morgan fingerprint density at radius 3 is 2.41 bits per heavy atom. The molecule has 0 spiro atoms. The minimum atomic E-state index is -4.70. The third kappa shape index (κ3) is 3.93. The molecule has 0 aliphatic carbocycles. The van der Waals surface area contributed by atoms with Gasteiger partial charge in [-0.15, -0.1) is 5.10 Å². The quantitative estimate of drug-likeness (QED) is 0.385. The normalized spacial score (nSPS) is 12.9. The minimum absolute atomic E-state index is 0.0276. The first-order chi connectivity index (χ1) is 16.2. The lowest BCUT2D eigenvalue weighted by molar-refractivity contribution is -0.159. The molecule has 1 unspecified atom stereocenters. The highest BCUT2D eigenvalue weighted by Crippen LogP contribution is 2.37. The first-order valence-corrected chi connectivity index (χ1v) is 9.84. The average molecular weight is 471 g/mol. The second kappa shape index (κ2) is 7.90. The predicted octanol–water partition coefficient (Wildman–Crippen LogP) is 4.67. The zero-order valence-electron chi connectivity index (χ0n) is 17.1. The van der Waals surface area contributed by atoms with E-state index in [-0.39, 0.29) is 28.5 Å². The summed E-state index contributed by atoms with van der Waals surface area (Å²) in [6.45, 7) is 0. The number of fused-ring (bicyclic) bond motifs is 1. The number of nitrogens with zero attached hydrogens (tertiary/aromatic N) is 6. The molecule has 0 bridgehead atoms. The average Bonchev–Trinajstić information content (AvgIpc) is 3.40. The van der Waals surface area contributed by atoms with Crippen molar-refractivity contribution in [2.45, 2.75) is 12.2 Å². The van der Waals surface area contributed by atoms with Gasteiger partial charge in [-0.05, 0) is 42.0 Å². The highest BCUT2D eigenvalue weighted by atomic mass is 19.4. The number of hydrogen-bond donors (Lipinski definition) is 1. The van der Waals surface area contributed by atoms with E-state index < -0.39 is 23.9 Å². The number of anilines is 1. The van der Waals surface area contributed by atoms with E-state index in [1.165, 1.54) is 35.1 Å². The van der Waals surface area contributed by atoms with E-state index in [0.29, 0.717) is 11.2 Å². The van der Waals surface area contributed by atoms with Gasteiger partial charge in [0.2, 0.25) is 5.95 Å². The highest BCUT2D eigenvalue weighted by Gasteiger charge is 2.43. The van der Waals surface area contributed by atoms with Crippen molar-refractivity contribution in [1.82, 2.24) is 29.4 Å². The molecule has 0 amide bonds. The standard InChI is InChI=1S/C22H14F5N7/c23-15-3-1-12(2-4-15)20(22(25,26)27)34-11-14(10-29-34)17-6-5-16(24)19(30-17)13-7-8-33-18(9-13)31-21(28)32-33/h1-11,20H,(H2,28,32). The Morgan fingerprint density at radius 2 is 1.68 bits per heavy atom. The first kappa shape index (κ1) is 21.5. The largest absolute Gasteiger partial charge is 0.415 e. The summed E-state index contributed by atoms with van der Waals surface area (Å²) < 4.78 is 71.4. The van der Waals surface area contributed by atoms with Crippen LogP contribution in [0.2, 0.25) is 0 Å². The zero-order chi connectivity index (χ0) is 24.0. The molecule has 1 aromatic carbocycles. The molecule has 0 aliphatic heterocycles. The van der Waals surface area contributed by atoms with Crippen LogP contribution in [-0.2, 0) is 0 Å². The monoisotopic (exact) mass is 471 g/mol. The van der Waals surface area contributed by atoms with E-state index in [1.54, 1.807) is 6.07 Å². The lowest BCUT2D eigenvalue weighted by atomic mass is 10.1. The Kier molecular flexibility index (Phi) is 5.00. The Morgan fingerprint density at radius 1 is 0.912 bits per heavy atom. The highest BCUT2D eigenvalue weighted by molar-refractivity contribution is 5.68. The van der Waals surface area contributed by atoms with Crippen LogP contribution in [0.3, 0.4) is 0 Å². The second-order valence-corrected chi connectivity index (χ2v) is 7.42. The summed E-state index contributed by atoms with van der Waals surface area (Å²) in [5, 5.41) is 7.81. The molecule has 7 nitrogen and oxygen atoms in total. The third-order valence-electron chi connectivity index (χ3n) is 5.13. The van der Waals surface area contributed by atoms with Crippen molar-refractivity contribution < 1.29 is 22.0 Å². The van der Waals surface area contributed by atoms with Gasteiger partial charge >= 0.3 is 6.18 Å². The van der Waals surface area contributed by atoms with Crippen LogP contribution >= 0.6 is 0 Å². The van der Waals surface area contributed by atoms with Gasteiger partial charge in [0.15, 0.2) is 11.7 Å². The molecule has 0 saturated heterocycles. The molecule has 2 N–H and O–H groups in total. The van der Waals surface area contributed by atoms with Gasteiger partial charge in [0, 0.05) is 23.5 Å². The topological polar surface area (TPSA) is 86.9 Å². The molecular weight excluding hydrogens is 457 g/mol. The number of alkyl halides is 3. The second-order valence-electron chi connectivity index (χ2n) is 7.42. The number of benzene rings is 1. The fourth-order valence-corrected chi connectivity index (χ4v) is 3.60. The minimum Gasteiger partial charge on any atom is -0.366 e. The van der Waals surface area contributed by atoms with Crippen LogP contribution < -0.4 is 5.73 Å². The van der Waals surface area contributed by atoms with Crippen LogP contribution in [-0.4, -0.2) is 35.5 Å². The van der Waals surface area contributed by atoms with Crippen LogP contribution in [0.1, 0.15) is 11.6 Å². The molecule has 0 aliphatic rings. The summed E-state index contributed by atoms with van der Waals surface area (Å²) in [7, 11) is 0. The number of aromatic nitrogens is 6. The van der Waals surface area contributed by atoms with Crippen LogP contribution in [0.25, 0.3) is 28.2 Å². The van der Waals surface area contributed by atoms with Crippen molar-refractivity contribution in [3.8, 4) is 22.5 Å². The molecule has 1 atom stereocenters. The summed E-state index contributed by atoms with van der Waals surface area (Å²) in [5.74, 6) is -1.24. The van der Waals surface area contributed by atoms with E-state index in [0.717, 1.165) is 35.1 Å². The molecule has 34 heavy (non-hydrogen) atoms. The van der Waals surface area contributed by atoms with Crippen LogP contribution in [0, 0.1) is 11.6 Å². The molecule has 5 rings (SSSR count). The number of hydrogen-bond acceptors (Lipinski definition) is 5. The van der Waals surface area contributed by atoms with Crippen molar-refractivity contribution in [3.63, 3.8) is 0 Å². The summed E-state index contributed by atoms with van der Waals surface area (Å²) in [4.78, 5) is 8.32. The van der Waals surface area contributed by atoms with Crippen molar-refractivity contribution >= 4 is 11.6 Å². The van der Waals surface area contributed by atoms with Crippen molar-refractivity contribution in [3.05, 3.63) is 84.3 Å². The number of nitrogen functional groups attached to an aromatic ring is 1. The molecule has 5 aromatic rings. The summed E-state index contributed by atoms with van der Waals surface area (Å²) in [5.41, 5.74) is 6.57. The van der Waals surface area contributed by atoms with Crippen LogP contribution in [0.4, 0.5) is 27.9 Å². The lowest BCUT2D eigenvalue weighted by Gasteiger charge is -2.21. The van der Waals surface area contributed by atoms with E-state index >= 15 is 0 Å². The molecule has 4 aromatic heterocycles. The lowest BCUT2D eigenvalue weighted by Crippen LogP contribution is -2.28. The fourth-order valence-electron chi connectivity index (χ4n) is 3.60. The number of nitrogens with two attached hydrogens (primary N) is 1. The molecule has 0 fully saturated rings. The van der Waals surface area contributed by atoms with Gasteiger partial charge in [-0.2, -0.15) is 23.3 Å². The number of rotatable bonds is 4. The maximum absolute atomic E-state index is 14.6. The van der Waals surface area contributed by atoms with Crippen molar-refractivity contribution in [1.29, 1.82) is 0 Å². The summed E-state index contributed by atoms with van der Waals surface area (Å²) >= 11 is 0. The Labute approximate surface area is 188 Å². The predicted molar refractivity (Wildman–Crippen MR) is 112 cm³/mol.